The fourth-order valence-electron chi connectivity index (χ4n) is 2.33. The maximum atomic E-state index is 12.3. The first kappa shape index (κ1) is 15.4. The molecule has 7 heteroatoms. The first-order valence-corrected chi connectivity index (χ1v) is 7.10. The minimum absolute atomic E-state index is 0.115. The molecule has 2 aromatic carbocycles. The number of carbonyl (C=O) groups excluding carboxylic acids is 2. The normalized spacial score (nSPS) is 10.5. The number of para-hydroxylation sites is 2. The van der Waals surface area contributed by atoms with Gasteiger partial charge in [-0.2, -0.15) is 0 Å². The van der Waals surface area contributed by atoms with Gasteiger partial charge in [-0.05, 0) is 18.2 Å². The van der Waals surface area contributed by atoms with E-state index in [1.807, 2.05) is 0 Å². The third-order valence-corrected chi connectivity index (χ3v) is 3.47. The number of fused-ring (bicyclic) bond motifs is 1. The van der Waals surface area contributed by atoms with E-state index in [2.05, 4.69) is 10.3 Å². The van der Waals surface area contributed by atoms with E-state index < -0.39 is 11.9 Å². The molecule has 0 fully saturated rings. The van der Waals surface area contributed by atoms with E-state index in [1.54, 1.807) is 30.3 Å². The molecule has 1 amide bonds. The highest BCUT2D eigenvalue weighted by molar-refractivity contribution is 5.99. The van der Waals surface area contributed by atoms with Gasteiger partial charge in [-0.3, -0.25) is 14.2 Å². The van der Waals surface area contributed by atoms with Gasteiger partial charge < -0.3 is 15.2 Å². The van der Waals surface area contributed by atoms with Crippen molar-refractivity contribution < 1.29 is 14.7 Å². The van der Waals surface area contributed by atoms with Crippen molar-refractivity contribution in [2.24, 2.45) is 0 Å². The van der Waals surface area contributed by atoms with Crippen LogP contribution in [0.5, 0.6) is 0 Å². The summed E-state index contributed by atoms with van der Waals surface area (Å²) in [5.41, 5.74) is 0.185. The van der Waals surface area contributed by atoms with Gasteiger partial charge >= 0.3 is 0 Å². The van der Waals surface area contributed by atoms with E-state index in [9.17, 15) is 19.5 Å². The number of amides is 1. The van der Waals surface area contributed by atoms with E-state index in [1.165, 1.54) is 29.1 Å². The molecule has 0 atom stereocenters. The quantitative estimate of drug-likeness (QED) is 0.748. The van der Waals surface area contributed by atoms with Crippen LogP contribution in [0.15, 0.2) is 59.7 Å². The van der Waals surface area contributed by atoms with Crippen LogP contribution in [0, 0.1) is 0 Å². The Morgan fingerprint density at radius 2 is 1.79 bits per heavy atom. The molecule has 1 N–H and O–H groups in total. The van der Waals surface area contributed by atoms with Crippen molar-refractivity contribution in [1.29, 1.82) is 0 Å². The summed E-state index contributed by atoms with van der Waals surface area (Å²) in [6.07, 6.45) is 1.29. The molecule has 0 aliphatic heterocycles. The van der Waals surface area contributed by atoms with E-state index in [0.29, 0.717) is 10.9 Å². The number of carboxylic acids is 1. The van der Waals surface area contributed by atoms with Gasteiger partial charge in [0.25, 0.3) is 5.56 Å². The van der Waals surface area contributed by atoms with Gasteiger partial charge in [0.15, 0.2) is 0 Å². The smallest absolute Gasteiger partial charge is 0.261 e. The zero-order valence-electron chi connectivity index (χ0n) is 12.4. The van der Waals surface area contributed by atoms with E-state index in [-0.39, 0.29) is 23.4 Å². The van der Waals surface area contributed by atoms with Gasteiger partial charge in [0.2, 0.25) is 5.91 Å². The monoisotopic (exact) mass is 322 g/mol. The Kier molecular flexibility index (Phi) is 4.07. The number of nitrogens with one attached hydrogen (secondary N) is 1. The van der Waals surface area contributed by atoms with Crippen LogP contribution in [0.25, 0.3) is 10.9 Å². The minimum atomic E-state index is -1.39. The molecular formula is C17H12N3O4-. The predicted octanol–water partition coefficient (Wildman–Crippen LogP) is 0.399. The zero-order valence-corrected chi connectivity index (χ0v) is 12.4. The molecule has 0 saturated carbocycles. The lowest BCUT2D eigenvalue weighted by Gasteiger charge is -2.12. The third kappa shape index (κ3) is 3.00. The highest BCUT2D eigenvalue weighted by Crippen LogP contribution is 2.14. The maximum absolute atomic E-state index is 12.3. The number of benzene rings is 2. The van der Waals surface area contributed by atoms with Crippen LogP contribution < -0.4 is 16.0 Å². The Morgan fingerprint density at radius 1 is 1.08 bits per heavy atom. The number of aromatic nitrogens is 2. The lowest BCUT2D eigenvalue weighted by atomic mass is 10.2. The lowest BCUT2D eigenvalue weighted by molar-refractivity contribution is -0.254. The van der Waals surface area contributed by atoms with Gasteiger partial charge in [-0.25, -0.2) is 4.98 Å². The largest absolute Gasteiger partial charge is 0.545 e. The van der Waals surface area contributed by atoms with Crippen molar-refractivity contribution in [2.45, 2.75) is 6.54 Å². The highest BCUT2D eigenvalue weighted by atomic mass is 16.4. The average Bonchev–Trinajstić information content (AvgIpc) is 2.58. The molecule has 0 bridgehead atoms. The predicted molar refractivity (Wildman–Crippen MR) is 85.4 cm³/mol. The molecule has 0 saturated heterocycles. The Hall–Kier alpha value is -3.48. The zero-order chi connectivity index (χ0) is 17.1. The number of aromatic carboxylic acids is 1. The van der Waals surface area contributed by atoms with Gasteiger partial charge in [-0.1, -0.05) is 30.3 Å². The van der Waals surface area contributed by atoms with Crippen LogP contribution in [0.2, 0.25) is 0 Å². The standard InChI is InChI=1S/C17H13N3O4/c21-15(19-14-8-4-2-6-12(14)17(23)24)9-20-10-18-13-7-3-1-5-11(13)16(20)22/h1-8,10H,9H2,(H,19,21)(H,23,24)/p-1. The van der Waals surface area contributed by atoms with Gasteiger partial charge in [-0.15, -0.1) is 0 Å². The number of carboxylic acid groups (broad SMARTS) is 1. The molecular weight excluding hydrogens is 310 g/mol. The Bertz CT molecular complexity index is 994. The average molecular weight is 322 g/mol. The van der Waals surface area contributed by atoms with Crippen LogP contribution in [-0.2, 0) is 11.3 Å². The molecule has 0 aliphatic rings. The van der Waals surface area contributed by atoms with Crippen LogP contribution in [0.4, 0.5) is 5.69 Å². The molecule has 1 aromatic heterocycles. The summed E-state index contributed by atoms with van der Waals surface area (Å²) in [5.74, 6) is -1.93. The summed E-state index contributed by atoms with van der Waals surface area (Å²) in [4.78, 5) is 39.6. The number of anilines is 1. The van der Waals surface area contributed by atoms with Crippen molar-refractivity contribution in [3.63, 3.8) is 0 Å². The van der Waals surface area contributed by atoms with E-state index in [0.717, 1.165) is 0 Å². The second-order valence-electron chi connectivity index (χ2n) is 5.08. The highest BCUT2D eigenvalue weighted by Gasteiger charge is 2.10. The summed E-state index contributed by atoms with van der Waals surface area (Å²) in [6.45, 7) is -0.280. The summed E-state index contributed by atoms with van der Waals surface area (Å²) in [6, 6.07) is 12.7. The molecule has 3 aromatic rings. The second-order valence-corrected chi connectivity index (χ2v) is 5.08. The summed E-state index contributed by atoms with van der Waals surface area (Å²) < 4.78 is 1.17. The molecule has 24 heavy (non-hydrogen) atoms. The van der Waals surface area contributed by atoms with Crippen molar-refractivity contribution in [3.05, 3.63) is 70.8 Å². The van der Waals surface area contributed by atoms with E-state index >= 15 is 0 Å². The van der Waals surface area contributed by atoms with Crippen molar-refractivity contribution >= 4 is 28.5 Å². The first-order chi connectivity index (χ1) is 11.6. The second kappa shape index (κ2) is 6.33. The Labute approximate surface area is 136 Å². The van der Waals surface area contributed by atoms with Gasteiger partial charge in [0.1, 0.15) is 6.54 Å². The summed E-state index contributed by atoms with van der Waals surface area (Å²) in [7, 11) is 0. The SMILES string of the molecule is O=C(Cn1cnc2ccccc2c1=O)Nc1ccccc1C(=O)[O-]. The molecule has 120 valence electrons. The number of hydrogen-bond donors (Lipinski definition) is 1. The van der Waals surface area contributed by atoms with Crippen LogP contribution in [-0.4, -0.2) is 21.4 Å². The number of hydrogen-bond acceptors (Lipinski definition) is 5. The summed E-state index contributed by atoms with van der Waals surface area (Å²) in [5, 5.41) is 13.9. The first-order valence-electron chi connectivity index (χ1n) is 7.10. The summed E-state index contributed by atoms with van der Waals surface area (Å²) >= 11 is 0. The van der Waals surface area contributed by atoms with Crippen LogP contribution in [0.3, 0.4) is 0 Å². The number of rotatable bonds is 4. The minimum Gasteiger partial charge on any atom is -0.545 e. The Morgan fingerprint density at radius 3 is 2.58 bits per heavy atom. The fourth-order valence-corrected chi connectivity index (χ4v) is 2.33. The molecule has 0 radical (unpaired) electrons. The van der Waals surface area contributed by atoms with Crippen LogP contribution >= 0.6 is 0 Å². The van der Waals surface area contributed by atoms with Gasteiger partial charge in [0, 0.05) is 11.3 Å². The lowest BCUT2D eigenvalue weighted by Crippen LogP contribution is -2.29. The Balaban J connectivity index is 1.85. The van der Waals surface area contributed by atoms with Gasteiger partial charge in [0.05, 0.1) is 23.2 Å². The molecule has 0 unspecified atom stereocenters. The van der Waals surface area contributed by atoms with Crippen molar-refractivity contribution in [3.8, 4) is 0 Å². The topological polar surface area (TPSA) is 104 Å². The van der Waals surface area contributed by atoms with Crippen LogP contribution in [0.1, 0.15) is 10.4 Å². The molecule has 0 spiro atoms. The number of carbonyl (C=O) groups is 2. The number of nitrogens with zero attached hydrogens (tertiary/aromatic N) is 2. The fraction of sp³-hybridized carbons (Fsp3) is 0.0588. The van der Waals surface area contributed by atoms with Crippen molar-refractivity contribution in [2.75, 3.05) is 5.32 Å². The molecule has 7 nitrogen and oxygen atoms in total. The van der Waals surface area contributed by atoms with Crippen molar-refractivity contribution in [1.82, 2.24) is 9.55 Å². The third-order valence-electron chi connectivity index (χ3n) is 3.47. The molecule has 0 aliphatic carbocycles. The molecule has 3 rings (SSSR count). The molecule has 1 heterocycles. The maximum Gasteiger partial charge on any atom is 0.261 e. The van der Waals surface area contributed by atoms with E-state index in [4.69, 9.17) is 0 Å².